The summed E-state index contributed by atoms with van der Waals surface area (Å²) in [4.78, 5) is 40.1. The maximum Gasteiger partial charge on any atom is 0.258 e. The molecule has 2 aromatic heterocycles. The first-order valence-corrected chi connectivity index (χ1v) is 12.4. The highest BCUT2D eigenvalue weighted by Gasteiger charge is 2.26. The van der Waals surface area contributed by atoms with Crippen molar-refractivity contribution in [3.63, 3.8) is 0 Å². The van der Waals surface area contributed by atoms with Crippen molar-refractivity contribution in [3.8, 4) is 0 Å². The van der Waals surface area contributed by atoms with Gasteiger partial charge < -0.3 is 9.88 Å². The SMILES string of the molecule is O=C(CN(C(=O)c1ccc2cc[nH]c2c1)c1ccccc1)N1CCN(CCc2nccs2)CC1. The van der Waals surface area contributed by atoms with Gasteiger partial charge in [-0.1, -0.05) is 24.3 Å². The Labute approximate surface area is 202 Å². The number of nitrogens with zero attached hydrogens (tertiary/aromatic N) is 4. The molecule has 0 saturated carbocycles. The fourth-order valence-corrected chi connectivity index (χ4v) is 4.92. The molecule has 0 radical (unpaired) electrons. The molecule has 1 aliphatic heterocycles. The number of rotatable bonds is 7. The van der Waals surface area contributed by atoms with Gasteiger partial charge in [-0.2, -0.15) is 0 Å². The van der Waals surface area contributed by atoms with Gasteiger partial charge in [0.2, 0.25) is 5.91 Å². The molecule has 1 N–H and O–H groups in total. The average molecular weight is 474 g/mol. The molecule has 1 saturated heterocycles. The Morgan fingerprint density at radius 1 is 1.03 bits per heavy atom. The number of carbonyl (C=O) groups excluding carboxylic acids is 2. The number of benzene rings is 2. The zero-order valence-electron chi connectivity index (χ0n) is 18.9. The highest BCUT2D eigenvalue weighted by molar-refractivity contribution is 7.09. The van der Waals surface area contributed by atoms with E-state index in [0.29, 0.717) is 18.7 Å². The van der Waals surface area contributed by atoms with Crippen molar-refractivity contribution in [2.75, 3.05) is 44.2 Å². The van der Waals surface area contributed by atoms with Gasteiger partial charge in [0.1, 0.15) is 6.54 Å². The number of hydrogen-bond donors (Lipinski definition) is 1. The summed E-state index contributed by atoms with van der Waals surface area (Å²) < 4.78 is 0. The molecule has 5 rings (SSSR count). The summed E-state index contributed by atoms with van der Waals surface area (Å²) in [6.45, 7) is 3.97. The van der Waals surface area contributed by atoms with E-state index >= 15 is 0 Å². The van der Waals surface area contributed by atoms with E-state index in [1.807, 2.05) is 77.3 Å². The summed E-state index contributed by atoms with van der Waals surface area (Å²) in [7, 11) is 0. The van der Waals surface area contributed by atoms with Crippen LogP contribution in [0.5, 0.6) is 0 Å². The number of piperazine rings is 1. The summed E-state index contributed by atoms with van der Waals surface area (Å²) in [6.07, 6.45) is 4.63. The zero-order chi connectivity index (χ0) is 23.3. The summed E-state index contributed by atoms with van der Waals surface area (Å²) in [5.41, 5.74) is 2.17. The number of nitrogens with one attached hydrogen (secondary N) is 1. The van der Waals surface area contributed by atoms with Crippen LogP contribution >= 0.6 is 11.3 Å². The number of aromatic nitrogens is 2. The van der Waals surface area contributed by atoms with E-state index in [2.05, 4.69) is 14.9 Å². The van der Waals surface area contributed by atoms with Crippen LogP contribution in [0.25, 0.3) is 10.9 Å². The number of carbonyl (C=O) groups is 2. The molecule has 1 fully saturated rings. The normalized spacial score (nSPS) is 14.4. The van der Waals surface area contributed by atoms with E-state index in [1.54, 1.807) is 16.2 Å². The molecule has 174 valence electrons. The van der Waals surface area contributed by atoms with Crippen molar-refractivity contribution in [2.24, 2.45) is 0 Å². The Kier molecular flexibility index (Phi) is 6.69. The van der Waals surface area contributed by atoms with Crippen LogP contribution in [-0.4, -0.2) is 70.9 Å². The molecular formula is C26H27N5O2S. The van der Waals surface area contributed by atoms with Gasteiger partial charge in [-0.25, -0.2) is 4.98 Å². The number of thiazole rings is 1. The van der Waals surface area contributed by atoms with E-state index in [1.165, 1.54) is 0 Å². The second-order valence-electron chi connectivity index (χ2n) is 8.40. The Morgan fingerprint density at radius 2 is 1.85 bits per heavy atom. The van der Waals surface area contributed by atoms with Crippen molar-refractivity contribution < 1.29 is 9.59 Å². The molecule has 0 spiro atoms. The minimum absolute atomic E-state index is 0.0186. The number of aromatic amines is 1. The fourth-order valence-electron chi connectivity index (χ4n) is 4.31. The number of amides is 2. The number of para-hydroxylation sites is 1. The first-order valence-electron chi connectivity index (χ1n) is 11.5. The minimum Gasteiger partial charge on any atom is -0.361 e. The van der Waals surface area contributed by atoms with Crippen molar-refractivity contribution in [1.29, 1.82) is 0 Å². The molecule has 34 heavy (non-hydrogen) atoms. The Morgan fingerprint density at radius 3 is 2.62 bits per heavy atom. The largest absolute Gasteiger partial charge is 0.361 e. The molecule has 8 heteroatoms. The fraction of sp³-hybridized carbons (Fsp3) is 0.269. The van der Waals surface area contributed by atoms with Gasteiger partial charge in [0.25, 0.3) is 5.91 Å². The molecule has 0 atom stereocenters. The van der Waals surface area contributed by atoms with Crippen LogP contribution in [0.15, 0.2) is 72.4 Å². The molecule has 0 unspecified atom stereocenters. The Balaban J connectivity index is 1.25. The summed E-state index contributed by atoms with van der Waals surface area (Å²) >= 11 is 1.68. The molecule has 2 amide bonds. The lowest BCUT2D eigenvalue weighted by Crippen LogP contribution is -2.52. The van der Waals surface area contributed by atoms with Crippen molar-refractivity contribution in [2.45, 2.75) is 6.42 Å². The smallest absolute Gasteiger partial charge is 0.258 e. The maximum atomic E-state index is 13.5. The van der Waals surface area contributed by atoms with Crippen LogP contribution in [0.1, 0.15) is 15.4 Å². The van der Waals surface area contributed by atoms with Gasteiger partial charge in [-0.15, -0.1) is 11.3 Å². The summed E-state index contributed by atoms with van der Waals surface area (Å²) in [5.74, 6) is -0.212. The van der Waals surface area contributed by atoms with Crippen molar-refractivity contribution in [1.82, 2.24) is 19.8 Å². The third kappa shape index (κ3) is 5.03. The van der Waals surface area contributed by atoms with E-state index in [0.717, 1.165) is 47.7 Å². The molecule has 3 heterocycles. The molecule has 0 aliphatic carbocycles. The van der Waals surface area contributed by atoms with E-state index in [9.17, 15) is 9.59 Å². The second kappa shape index (κ2) is 10.2. The van der Waals surface area contributed by atoms with Gasteiger partial charge in [0, 0.05) is 73.7 Å². The van der Waals surface area contributed by atoms with Gasteiger partial charge in [-0.3, -0.25) is 19.4 Å². The molecule has 4 aromatic rings. The summed E-state index contributed by atoms with van der Waals surface area (Å²) in [6, 6.07) is 17.0. The van der Waals surface area contributed by atoms with Crippen LogP contribution in [0.4, 0.5) is 5.69 Å². The predicted molar refractivity (Wildman–Crippen MR) is 135 cm³/mol. The first-order chi connectivity index (χ1) is 16.7. The van der Waals surface area contributed by atoms with Crippen LogP contribution in [0.3, 0.4) is 0 Å². The van der Waals surface area contributed by atoms with Gasteiger partial charge >= 0.3 is 0 Å². The molecule has 2 aromatic carbocycles. The second-order valence-corrected chi connectivity index (χ2v) is 9.38. The maximum absolute atomic E-state index is 13.5. The number of H-pyrrole nitrogens is 1. The van der Waals surface area contributed by atoms with Crippen LogP contribution in [-0.2, 0) is 11.2 Å². The highest BCUT2D eigenvalue weighted by Crippen LogP contribution is 2.20. The third-order valence-electron chi connectivity index (χ3n) is 6.26. The average Bonchev–Trinajstić information content (AvgIpc) is 3.58. The molecule has 1 aliphatic rings. The highest BCUT2D eigenvalue weighted by atomic mass is 32.1. The molecular weight excluding hydrogens is 446 g/mol. The lowest BCUT2D eigenvalue weighted by molar-refractivity contribution is -0.131. The van der Waals surface area contributed by atoms with Crippen LogP contribution in [0, 0.1) is 0 Å². The monoisotopic (exact) mass is 473 g/mol. The lowest BCUT2D eigenvalue weighted by atomic mass is 10.1. The predicted octanol–water partition coefficient (Wildman–Crippen LogP) is 3.66. The number of anilines is 1. The van der Waals surface area contributed by atoms with Crippen molar-refractivity contribution >= 4 is 39.7 Å². The lowest BCUT2D eigenvalue weighted by Gasteiger charge is -2.35. The Hall–Kier alpha value is -3.49. The first kappa shape index (κ1) is 22.3. The number of hydrogen-bond acceptors (Lipinski definition) is 5. The minimum atomic E-state index is -0.182. The topological polar surface area (TPSA) is 72.5 Å². The third-order valence-corrected chi connectivity index (χ3v) is 7.10. The quantitative estimate of drug-likeness (QED) is 0.445. The number of fused-ring (bicyclic) bond motifs is 1. The van der Waals surface area contributed by atoms with E-state index < -0.39 is 0 Å². The standard InChI is InChI=1S/C26H27N5O2S/c32-25(30-15-13-29(14-16-30)12-9-24-28-11-17-34-24)19-31(22-4-2-1-3-5-22)26(33)21-7-6-20-8-10-27-23(20)18-21/h1-8,10-11,17-18,27H,9,12-16,19H2. The van der Waals surface area contributed by atoms with Gasteiger partial charge in [0.05, 0.1) is 5.01 Å². The van der Waals surface area contributed by atoms with E-state index in [-0.39, 0.29) is 18.4 Å². The Bertz CT molecular complexity index is 1250. The molecule has 0 bridgehead atoms. The zero-order valence-corrected chi connectivity index (χ0v) is 19.7. The van der Waals surface area contributed by atoms with E-state index in [4.69, 9.17) is 0 Å². The molecule has 7 nitrogen and oxygen atoms in total. The summed E-state index contributed by atoms with van der Waals surface area (Å²) in [5, 5.41) is 4.20. The van der Waals surface area contributed by atoms with Crippen molar-refractivity contribution in [3.05, 3.63) is 82.9 Å². The van der Waals surface area contributed by atoms with Gasteiger partial charge in [-0.05, 0) is 35.7 Å². The van der Waals surface area contributed by atoms with Crippen LogP contribution in [0.2, 0.25) is 0 Å². The van der Waals surface area contributed by atoms with Crippen LogP contribution < -0.4 is 4.90 Å². The van der Waals surface area contributed by atoms with Gasteiger partial charge in [0.15, 0.2) is 0 Å².